The lowest BCUT2D eigenvalue weighted by Gasteiger charge is -2.05. The molecule has 0 bridgehead atoms. The van der Waals surface area contributed by atoms with Crippen molar-refractivity contribution in [2.75, 3.05) is 6.54 Å². The SMILES string of the molecule is C=CN1CCCC1=O.FC(F)=C(F)F. The molecule has 80 valence electrons. The Balaban J connectivity index is 0.000000255. The molecule has 2 nitrogen and oxygen atoms in total. The quantitative estimate of drug-likeness (QED) is 0.610. The Morgan fingerprint density at radius 1 is 1.29 bits per heavy atom. The van der Waals surface area contributed by atoms with Gasteiger partial charge in [0.1, 0.15) is 0 Å². The first-order valence-corrected chi connectivity index (χ1v) is 3.77. The number of carbonyl (C=O) groups is 1. The lowest BCUT2D eigenvalue weighted by molar-refractivity contribution is -0.125. The summed E-state index contributed by atoms with van der Waals surface area (Å²) in [6, 6.07) is 0. The maximum Gasteiger partial charge on any atom is 0.334 e. The van der Waals surface area contributed by atoms with E-state index in [1.54, 1.807) is 11.1 Å². The Morgan fingerprint density at radius 3 is 1.93 bits per heavy atom. The number of carbonyl (C=O) groups excluding carboxylic acids is 1. The molecule has 0 aromatic heterocycles. The van der Waals surface area contributed by atoms with Gasteiger partial charge in [-0.3, -0.25) is 4.79 Å². The fourth-order valence-corrected chi connectivity index (χ4v) is 0.862. The summed E-state index contributed by atoms with van der Waals surface area (Å²) in [4.78, 5) is 12.3. The van der Waals surface area contributed by atoms with E-state index in [4.69, 9.17) is 0 Å². The largest absolute Gasteiger partial charge is 0.334 e. The van der Waals surface area contributed by atoms with Crippen molar-refractivity contribution in [2.45, 2.75) is 12.8 Å². The second-order valence-electron chi connectivity index (χ2n) is 2.39. The number of hydrogen-bond acceptors (Lipinski definition) is 1. The van der Waals surface area contributed by atoms with Crippen molar-refractivity contribution in [3.05, 3.63) is 24.9 Å². The second kappa shape index (κ2) is 6.17. The molecule has 0 unspecified atom stereocenters. The van der Waals surface area contributed by atoms with Gasteiger partial charge in [-0.1, -0.05) is 6.58 Å². The van der Waals surface area contributed by atoms with E-state index < -0.39 is 12.2 Å². The maximum absolute atomic E-state index is 10.7. The Morgan fingerprint density at radius 2 is 1.79 bits per heavy atom. The Kier molecular flexibility index (Phi) is 5.59. The highest BCUT2D eigenvalue weighted by Crippen LogP contribution is 2.08. The van der Waals surface area contributed by atoms with Crippen LogP contribution in [-0.4, -0.2) is 17.4 Å². The molecule has 1 amide bonds. The Hall–Kier alpha value is -1.33. The summed E-state index contributed by atoms with van der Waals surface area (Å²) >= 11 is 0. The van der Waals surface area contributed by atoms with Crippen LogP contribution in [0.5, 0.6) is 0 Å². The molecule has 1 rings (SSSR count). The van der Waals surface area contributed by atoms with Crippen LogP contribution < -0.4 is 0 Å². The van der Waals surface area contributed by atoms with Crippen molar-refractivity contribution in [3.63, 3.8) is 0 Å². The van der Waals surface area contributed by atoms with E-state index in [2.05, 4.69) is 6.58 Å². The van der Waals surface area contributed by atoms with Crippen LogP contribution in [0.4, 0.5) is 17.6 Å². The maximum atomic E-state index is 10.7. The summed E-state index contributed by atoms with van der Waals surface area (Å²) in [6.45, 7) is 4.36. The number of halogens is 4. The van der Waals surface area contributed by atoms with Gasteiger partial charge in [-0.25, -0.2) is 0 Å². The minimum Gasteiger partial charge on any atom is -0.320 e. The fourth-order valence-electron chi connectivity index (χ4n) is 0.862. The van der Waals surface area contributed by atoms with E-state index in [1.165, 1.54) is 0 Å². The second-order valence-corrected chi connectivity index (χ2v) is 2.39. The molecule has 0 aliphatic carbocycles. The first-order valence-electron chi connectivity index (χ1n) is 3.77. The van der Waals surface area contributed by atoms with E-state index in [1.807, 2.05) is 0 Å². The van der Waals surface area contributed by atoms with Gasteiger partial charge in [0.05, 0.1) is 0 Å². The normalized spacial score (nSPS) is 14.6. The van der Waals surface area contributed by atoms with Crippen LogP contribution in [0.1, 0.15) is 12.8 Å². The van der Waals surface area contributed by atoms with Crippen molar-refractivity contribution in [2.24, 2.45) is 0 Å². The topological polar surface area (TPSA) is 20.3 Å². The summed E-state index contributed by atoms with van der Waals surface area (Å²) in [5.41, 5.74) is 0. The monoisotopic (exact) mass is 211 g/mol. The molecular weight excluding hydrogens is 202 g/mol. The molecule has 14 heavy (non-hydrogen) atoms. The van der Waals surface area contributed by atoms with Gasteiger partial charge in [0.25, 0.3) is 0 Å². The average Bonchev–Trinajstić information content (AvgIpc) is 2.51. The predicted octanol–water partition coefficient (Wildman–Crippen LogP) is 2.74. The van der Waals surface area contributed by atoms with Crippen LogP contribution in [0.3, 0.4) is 0 Å². The van der Waals surface area contributed by atoms with Crippen LogP contribution in [0, 0.1) is 0 Å². The lowest BCUT2D eigenvalue weighted by atomic mass is 10.4. The summed E-state index contributed by atoms with van der Waals surface area (Å²) < 4.78 is 41.1. The number of nitrogens with zero attached hydrogens (tertiary/aromatic N) is 1. The highest BCUT2D eigenvalue weighted by molar-refractivity contribution is 5.78. The average molecular weight is 211 g/mol. The minimum absolute atomic E-state index is 0.208. The molecule has 0 atom stereocenters. The standard InChI is InChI=1S/C6H9NO.C2F4/c1-2-7-5-3-4-6(7)8;3-1(4)2(5)6/h2H,1,3-5H2;. The first kappa shape index (κ1) is 12.7. The summed E-state index contributed by atoms with van der Waals surface area (Å²) in [6.07, 6.45) is -2.53. The molecule has 6 heteroatoms. The van der Waals surface area contributed by atoms with Crippen molar-refractivity contribution in [3.8, 4) is 0 Å². The molecule has 1 aliphatic heterocycles. The zero-order valence-electron chi connectivity index (χ0n) is 7.27. The van der Waals surface area contributed by atoms with E-state index in [0.717, 1.165) is 13.0 Å². The van der Waals surface area contributed by atoms with Crippen LogP contribution in [0.15, 0.2) is 24.9 Å². The van der Waals surface area contributed by atoms with E-state index >= 15 is 0 Å². The third kappa shape index (κ3) is 4.64. The number of hydrogen-bond donors (Lipinski definition) is 0. The zero-order valence-corrected chi connectivity index (χ0v) is 7.27. The van der Waals surface area contributed by atoms with Gasteiger partial charge in [-0.2, -0.15) is 17.6 Å². The first-order chi connectivity index (χ1) is 6.49. The summed E-state index contributed by atoms with van der Waals surface area (Å²) in [5, 5.41) is 0. The highest BCUT2D eigenvalue weighted by atomic mass is 19.3. The van der Waals surface area contributed by atoms with E-state index in [-0.39, 0.29) is 5.91 Å². The van der Waals surface area contributed by atoms with Crippen LogP contribution in [0.2, 0.25) is 0 Å². The molecule has 1 heterocycles. The Labute approximate surface area is 78.5 Å². The molecule has 0 radical (unpaired) electrons. The molecule has 1 saturated heterocycles. The smallest absolute Gasteiger partial charge is 0.320 e. The molecule has 1 aliphatic rings. The summed E-state index contributed by atoms with van der Waals surface area (Å²) in [7, 11) is 0. The van der Waals surface area contributed by atoms with Crippen molar-refractivity contribution < 1.29 is 22.4 Å². The number of rotatable bonds is 1. The van der Waals surface area contributed by atoms with Crippen molar-refractivity contribution >= 4 is 5.91 Å². The van der Waals surface area contributed by atoms with Crippen molar-refractivity contribution in [1.29, 1.82) is 0 Å². The molecular formula is C8H9F4NO. The molecule has 0 spiro atoms. The summed E-state index contributed by atoms with van der Waals surface area (Å²) in [5.74, 6) is 0.208. The third-order valence-corrected chi connectivity index (χ3v) is 1.47. The number of likely N-dealkylation sites (tertiary alicyclic amines) is 1. The van der Waals surface area contributed by atoms with Crippen LogP contribution in [-0.2, 0) is 4.79 Å². The third-order valence-electron chi connectivity index (χ3n) is 1.47. The lowest BCUT2D eigenvalue weighted by Crippen LogP contribution is -2.16. The zero-order chi connectivity index (χ0) is 11.1. The predicted molar refractivity (Wildman–Crippen MR) is 42.6 cm³/mol. The molecule has 0 N–H and O–H groups in total. The Bertz CT molecular complexity index is 234. The molecule has 0 aromatic rings. The van der Waals surface area contributed by atoms with Gasteiger partial charge in [0.15, 0.2) is 0 Å². The van der Waals surface area contributed by atoms with Gasteiger partial charge >= 0.3 is 12.2 Å². The van der Waals surface area contributed by atoms with Gasteiger partial charge in [-0.05, 0) is 12.6 Å². The highest BCUT2D eigenvalue weighted by Gasteiger charge is 2.15. The van der Waals surface area contributed by atoms with Crippen LogP contribution in [0.25, 0.3) is 0 Å². The van der Waals surface area contributed by atoms with E-state index in [9.17, 15) is 22.4 Å². The van der Waals surface area contributed by atoms with Gasteiger partial charge in [-0.15, -0.1) is 0 Å². The van der Waals surface area contributed by atoms with Crippen molar-refractivity contribution in [1.82, 2.24) is 4.90 Å². The molecule has 0 saturated carbocycles. The van der Waals surface area contributed by atoms with E-state index in [0.29, 0.717) is 6.42 Å². The minimum atomic E-state index is -2.91. The molecule has 0 aromatic carbocycles. The molecule has 1 fully saturated rings. The fraction of sp³-hybridized carbons (Fsp3) is 0.375. The van der Waals surface area contributed by atoms with Gasteiger partial charge in [0.2, 0.25) is 5.91 Å². The number of amides is 1. The van der Waals surface area contributed by atoms with Gasteiger partial charge < -0.3 is 4.90 Å². The van der Waals surface area contributed by atoms with Crippen LogP contribution >= 0.6 is 0 Å². The van der Waals surface area contributed by atoms with Gasteiger partial charge in [0, 0.05) is 13.0 Å².